The summed E-state index contributed by atoms with van der Waals surface area (Å²) in [5.41, 5.74) is 0.601. The van der Waals surface area contributed by atoms with Crippen molar-refractivity contribution in [1.29, 1.82) is 5.26 Å². The van der Waals surface area contributed by atoms with Crippen LogP contribution in [0.25, 0.3) is 0 Å². The standard InChI is InChI=1S/C13H7BrFN3O/c14-12-4-1-8(7-17-12)13(19)18-10-2-3-11(15)9(5-10)6-16/h1-5,7H,(H,18,19). The third-order valence-electron chi connectivity index (χ3n) is 2.33. The van der Waals surface area contributed by atoms with Gasteiger partial charge in [-0.1, -0.05) is 0 Å². The predicted molar refractivity (Wildman–Crippen MR) is 71.0 cm³/mol. The summed E-state index contributed by atoms with van der Waals surface area (Å²) in [6, 6.07) is 8.75. The number of carbonyl (C=O) groups is 1. The Balaban J connectivity index is 2.20. The van der Waals surface area contributed by atoms with Crippen molar-refractivity contribution >= 4 is 27.5 Å². The molecule has 0 bridgehead atoms. The smallest absolute Gasteiger partial charge is 0.257 e. The fourth-order valence-electron chi connectivity index (χ4n) is 1.40. The van der Waals surface area contributed by atoms with Gasteiger partial charge in [0.1, 0.15) is 16.5 Å². The molecular formula is C13H7BrFN3O. The topological polar surface area (TPSA) is 65.8 Å². The monoisotopic (exact) mass is 319 g/mol. The second-order valence-electron chi connectivity index (χ2n) is 3.63. The van der Waals surface area contributed by atoms with Gasteiger partial charge in [0.2, 0.25) is 0 Å². The van der Waals surface area contributed by atoms with Crippen molar-refractivity contribution in [3.8, 4) is 6.07 Å². The van der Waals surface area contributed by atoms with Crippen LogP contribution in [0.4, 0.5) is 10.1 Å². The van der Waals surface area contributed by atoms with Gasteiger partial charge in [-0.15, -0.1) is 0 Å². The molecule has 0 saturated carbocycles. The molecule has 2 rings (SSSR count). The highest BCUT2D eigenvalue weighted by molar-refractivity contribution is 9.10. The molecule has 2 aromatic rings. The molecule has 1 N–H and O–H groups in total. The van der Waals surface area contributed by atoms with Crippen LogP contribution in [-0.2, 0) is 0 Å². The van der Waals surface area contributed by atoms with Gasteiger partial charge in [-0.05, 0) is 46.3 Å². The van der Waals surface area contributed by atoms with Gasteiger partial charge >= 0.3 is 0 Å². The van der Waals surface area contributed by atoms with Crippen molar-refractivity contribution in [1.82, 2.24) is 4.98 Å². The Labute approximate surface area is 117 Å². The lowest BCUT2D eigenvalue weighted by Crippen LogP contribution is -2.12. The summed E-state index contributed by atoms with van der Waals surface area (Å²) in [4.78, 5) is 15.8. The Kier molecular flexibility index (Phi) is 3.88. The predicted octanol–water partition coefficient (Wildman–Crippen LogP) is 3.11. The quantitative estimate of drug-likeness (QED) is 0.865. The fraction of sp³-hybridized carbons (Fsp3) is 0. The normalized spacial score (nSPS) is 9.74. The minimum absolute atomic E-state index is 0.119. The largest absolute Gasteiger partial charge is 0.322 e. The highest BCUT2D eigenvalue weighted by atomic mass is 79.9. The number of hydrogen-bond donors (Lipinski definition) is 1. The molecule has 0 aliphatic heterocycles. The zero-order valence-electron chi connectivity index (χ0n) is 9.52. The molecular weight excluding hydrogens is 313 g/mol. The Morgan fingerprint density at radius 3 is 2.79 bits per heavy atom. The first-order chi connectivity index (χ1) is 9.10. The minimum Gasteiger partial charge on any atom is -0.322 e. The zero-order valence-corrected chi connectivity index (χ0v) is 11.1. The summed E-state index contributed by atoms with van der Waals surface area (Å²) in [5.74, 6) is -0.999. The number of amides is 1. The van der Waals surface area contributed by atoms with Crippen molar-refractivity contribution < 1.29 is 9.18 Å². The molecule has 0 atom stereocenters. The molecule has 1 amide bonds. The van der Waals surface area contributed by atoms with E-state index in [1.165, 1.54) is 18.3 Å². The van der Waals surface area contributed by atoms with Crippen LogP contribution in [0.3, 0.4) is 0 Å². The molecule has 0 spiro atoms. The van der Waals surface area contributed by atoms with E-state index in [1.807, 2.05) is 0 Å². The van der Waals surface area contributed by atoms with Gasteiger partial charge in [0.15, 0.2) is 0 Å². The van der Waals surface area contributed by atoms with Crippen LogP contribution in [0.15, 0.2) is 41.1 Å². The number of halogens is 2. The minimum atomic E-state index is -0.620. The third kappa shape index (κ3) is 3.14. The zero-order chi connectivity index (χ0) is 13.8. The molecule has 94 valence electrons. The van der Waals surface area contributed by atoms with Gasteiger partial charge in [-0.2, -0.15) is 5.26 Å². The number of nitriles is 1. The van der Waals surface area contributed by atoms with E-state index in [1.54, 1.807) is 18.2 Å². The molecule has 1 heterocycles. The summed E-state index contributed by atoms with van der Waals surface area (Å²) >= 11 is 3.17. The molecule has 0 aliphatic carbocycles. The van der Waals surface area contributed by atoms with E-state index < -0.39 is 5.82 Å². The maximum atomic E-state index is 13.1. The van der Waals surface area contributed by atoms with Crippen LogP contribution < -0.4 is 5.32 Å². The molecule has 0 saturated heterocycles. The van der Waals surface area contributed by atoms with E-state index in [0.717, 1.165) is 6.07 Å². The van der Waals surface area contributed by atoms with E-state index >= 15 is 0 Å². The lowest BCUT2D eigenvalue weighted by atomic mass is 10.2. The lowest BCUT2D eigenvalue weighted by Gasteiger charge is -2.05. The number of nitrogens with one attached hydrogen (secondary N) is 1. The first kappa shape index (κ1) is 13.2. The lowest BCUT2D eigenvalue weighted by molar-refractivity contribution is 0.102. The maximum absolute atomic E-state index is 13.1. The van der Waals surface area contributed by atoms with Gasteiger partial charge in [0.25, 0.3) is 5.91 Å². The number of aromatic nitrogens is 1. The van der Waals surface area contributed by atoms with Crippen LogP contribution >= 0.6 is 15.9 Å². The number of anilines is 1. The van der Waals surface area contributed by atoms with E-state index in [0.29, 0.717) is 15.9 Å². The molecule has 4 nitrogen and oxygen atoms in total. The number of pyridine rings is 1. The summed E-state index contributed by atoms with van der Waals surface area (Å²) in [6.45, 7) is 0. The second-order valence-corrected chi connectivity index (χ2v) is 4.44. The summed E-state index contributed by atoms with van der Waals surface area (Å²) < 4.78 is 13.7. The van der Waals surface area contributed by atoms with Crippen molar-refractivity contribution in [2.45, 2.75) is 0 Å². The van der Waals surface area contributed by atoms with E-state index in [9.17, 15) is 9.18 Å². The molecule has 1 aromatic heterocycles. The average Bonchev–Trinajstić information content (AvgIpc) is 2.41. The Morgan fingerprint density at radius 1 is 1.37 bits per heavy atom. The molecule has 0 aliphatic rings. The van der Waals surface area contributed by atoms with Gasteiger partial charge in [0, 0.05) is 11.9 Å². The Hall–Kier alpha value is -2.26. The van der Waals surface area contributed by atoms with E-state index in [2.05, 4.69) is 26.2 Å². The van der Waals surface area contributed by atoms with Crippen LogP contribution in [0, 0.1) is 17.1 Å². The molecule has 19 heavy (non-hydrogen) atoms. The molecule has 0 fully saturated rings. The number of hydrogen-bond acceptors (Lipinski definition) is 3. The maximum Gasteiger partial charge on any atom is 0.257 e. The fourth-order valence-corrected chi connectivity index (χ4v) is 1.64. The Morgan fingerprint density at radius 2 is 2.16 bits per heavy atom. The summed E-state index contributed by atoms with van der Waals surface area (Å²) in [7, 11) is 0. The second kappa shape index (κ2) is 5.59. The highest BCUT2D eigenvalue weighted by Gasteiger charge is 2.08. The van der Waals surface area contributed by atoms with Crippen molar-refractivity contribution in [2.75, 3.05) is 5.32 Å². The van der Waals surface area contributed by atoms with Crippen LogP contribution in [0.1, 0.15) is 15.9 Å². The van der Waals surface area contributed by atoms with E-state index in [4.69, 9.17) is 5.26 Å². The highest BCUT2D eigenvalue weighted by Crippen LogP contribution is 2.15. The Bertz CT molecular complexity index is 665. The average molecular weight is 320 g/mol. The third-order valence-corrected chi connectivity index (χ3v) is 2.80. The van der Waals surface area contributed by atoms with Gasteiger partial charge in [-0.25, -0.2) is 9.37 Å². The van der Waals surface area contributed by atoms with Crippen molar-refractivity contribution in [3.05, 3.63) is 58.1 Å². The molecule has 0 unspecified atom stereocenters. The molecule has 1 aromatic carbocycles. The van der Waals surface area contributed by atoms with Crippen molar-refractivity contribution in [3.63, 3.8) is 0 Å². The van der Waals surface area contributed by atoms with Crippen molar-refractivity contribution in [2.24, 2.45) is 0 Å². The summed E-state index contributed by atoms with van der Waals surface area (Å²) in [5, 5.41) is 11.3. The van der Waals surface area contributed by atoms with Crippen LogP contribution in [0.5, 0.6) is 0 Å². The number of benzene rings is 1. The number of carbonyl (C=O) groups excluding carboxylic acids is 1. The first-order valence-electron chi connectivity index (χ1n) is 5.22. The van der Waals surface area contributed by atoms with Gasteiger partial charge in [0.05, 0.1) is 11.1 Å². The summed E-state index contributed by atoms with van der Waals surface area (Å²) in [6.07, 6.45) is 1.41. The van der Waals surface area contributed by atoms with Gasteiger partial charge < -0.3 is 5.32 Å². The van der Waals surface area contributed by atoms with E-state index in [-0.39, 0.29) is 11.5 Å². The van der Waals surface area contributed by atoms with Crippen LogP contribution in [0.2, 0.25) is 0 Å². The van der Waals surface area contributed by atoms with Gasteiger partial charge in [-0.3, -0.25) is 4.79 Å². The van der Waals surface area contributed by atoms with Crippen LogP contribution in [-0.4, -0.2) is 10.9 Å². The number of nitrogens with zero attached hydrogens (tertiary/aromatic N) is 2. The first-order valence-corrected chi connectivity index (χ1v) is 6.02. The molecule has 6 heteroatoms. The molecule has 0 radical (unpaired) electrons. The number of rotatable bonds is 2. The SMILES string of the molecule is N#Cc1cc(NC(=O)c2ccc(Br)nc2)ccc1F.